The fourth-order valence-corrected chi connectivity index (χ4v) is 3.58. The van der Waals surface area contributed by atoms with E-state index in [1.807, 2.05) is 19.1 Å². The first-order valence-corrected chi connectivity index (χ1v) is 9.76. The van der Waals surface area contributed by atoms with Gasteiger partial charge >= 0.3 is 0 Å². The average Bonchev–Trinajstić information content (AvgIpc) is 2.86. The second-order valence-electron chi connectivity index (χ2n) is 5.65. The lowest BCUT2D eigenvalue weighted by Gasteiger charge is -2.12. The van der Waals surface area contributed by atoms with Gasteiger partial charge in [-0.15, -0.1) is 0 Å². The van der Waals surface area contributed by atoms with Gasteiger partial charge in [-0.2, -0.15) is 0 Å². The van der Waals surface area contributed by atoms with Crippen LogP contribution in [0.3, 0.4) is 0 Å². The van der Waals surface area contributed by atoms with Crippen molar-refractivity contribution in [3.8, 4) is 0 Å². The van der Waals surface area contributed by atoms with Crippen molar-refractivity contribution < 1.29 is 14.4 Å². The first kappa shape index (κ1) is 19.6. The number of rotatable bonds is 4. The van der Waals surface area contributed by atoms with Gasteiger partial charge in [0.15, 0.2) is 0 Å². The molecule has 0 unspecified atom stereocenters. The van der Waals surface area contributed by atoms with E-state index in [9.17, 15) is 14.4 Å². The Kier molecular flexibility index (Phi) is 5.98. The maximum Gasteiger partial charge on any atom is 0.294 e. The number of hydrogen-bond acceptors (Lipinski definition) is 5. The molecular formula is C18H13BrClN3O3S. The highest BCUT2D eigenvalue weighted by molar-refractivity contribution is 9.10. The summed E-state index contributed by atoms with van der Waals surface area (Å²) in [7, 11) is 0. The topological polar surface area (TPSA) is 79.4 Å². The fourth-order valence-electron chi connectivity index (χ4n) is 2.33. The van der Waals surface area contributed by atoms with Crippen LogP contribution < -0.4 is 5.32 Å². The quantitative estimate of drug-likeness (QED) is 0.672. The third kappa shape index (κ3) is 4.77. The smallest absolute Gasteiger partial charge is 0.294 e. The maximum atomic E-state index is 12.5. The average molecular weight is 467 g/mol. The van der Waals surface area contributed by atoms with Crippen molar-refractivity contribution in [3.05, 3.63) is 62.2 Å². The fraction of sp³-hybridized carbons (Fsp3) is 0.111. The number of anilines is 1. The largest absolute Gasteiger partial charge is 0.324 e. The number of carbonyl (C=O) groups excluding carboxylic acids is 3. The third-order valence-corrected chi connectivity index (χ3v) is 5.71. The molecule has 3 rings (SSSR count). The lowest BCUT2D eigenvalue weighted by Crippen LogP contribution is -2.36. The Balaban J connectivity index is 1.69. The van der Waals surface area contributed by atoms with Crippen LogP contribution >= 0.6 is 39.3 Å². The number of halogens is 2. The summed E-state index contributed by atoms with van der Waals surface area (Å²) in [6, 6.07) is 10.3. The van der Waals surface area contributed by atoms with Gasteiger partial charge < -0.3 is 5.32 Å². The van der Waals surface area contributed by atoms with Crippen LogP contribution in [0.25, 0.3) is 6.08 Å². The van der Waals surface area contributed by atoms with E-state index in [0.717, 1.165) is 22.4 Å². The Morgan fingerprint density at radius 2 is 2.11 bits per heavy atom. The van der Waals surface area contributed by atoms with Crippen molar-refractivity contribution >= 4 is 68.1 Å². The molecule has 138 valence electrons. The molecule has 0 aliphatic carbocycles. The van der Waals surface area contributed by atoms with Gasteiger partial charge in [0, 0.05) is 15.9 Å². The molecule has 1 aromatic heterocycles. The summed E-state index contributed by atoms with van der Waals surface area (Å²) in [5.74, 6) is -1.01. The lowest BCUT2D eigenvalue weighted by atomic mass is 10.3. The van der Waals surface area contributed by atoms with Crippen LogP contribution in [-0.2, 0) is 9.59 Å². The summed E-state index contributed by atoms with van der Waals surface area (Å²) in [4.78, 5) is 42.2. The van der Waals surface area contributed by atoms with E-state index in [-0.39, 0.29) is 11.4 Å². The van der Waals surface area contributed by atoms with E-state index in [4.69, 9.17) is 11.6 Å². The van der Waals surface area contributed by atoms with Gasteiger partial charge in [0.05, 0.1) is 15.6 Å². The first-order chi connectivity index (χ1) is 12.8. The number of thioether (sulfide) groups is 1. The zero-order valence-corrected chi connectivity index (χ0v) is 17.2. The van der Waals surface area contributed by atoms with Crippen LogP contribution in [0.1, 0.15) is 11.4 Å². The minimum Gasteiger partial charge on any atom is -0.324 e. The molecule has 9 heteroatoms. The van der Waals surface area contributed by atoms with Crippen LogP contribution in [0, 0.1) is 6.92 Å². The molecule has 1 aliphatic rings. The van der Waals surface area contributed by atoms with Crippen LogP contribution in [0.15, 0.2) is 45.8 Å². The predicted molar refractivity (Wildman–Crippen MR) is 109 cm³/mol. The molecule has 1 N–H and O–H groups in total. The molecule has 6 nitrogen and oxygen atoms in total. The summed E-state index contributed by atoms with van der Waals surface area (Å²) >= 11 is 10.0. The molecule has 27 heavy (non-hydrogen) atoms. The van der Waals surface area contributed by atoms with Gasteiger partial charge in [-0.3, -0.25) is 24.3 Å². The van der Waals surface area contributed by atoms with Gasteiger partial charge in [-0.05, 0) is 71.0 Å². The van der Waals surface area contributed by atoms with Crippen molar-refractivity contribution in [2.24, 2.45) is 0 Å². The summed E-state index contributed by atoms with van der Waals surface area (Å²) < 4.78 is 0.697. The second-order valence-corrected chi connectivity index (χ2v) is 7.90. The summed E-state index contributed by atoms with van der Waals surface area (Å²) in [6.07, 6.45) is 1.55. The number of nitrogens with one attached hydrogen (secondary N) is 1. The lowest BCUT2D eigenvalue weighted by molar-refractivity contribution is -0.127. The van der Waals surface area contributed by atoms with Crippen molar-refractivity contribution in [2.75, 3.05) is 11.9 Å². The van der Waals surface area contributed by atoms with E-state index in [2.05, 4.69) is 26.2 Å². The third-order valence-electron chi connectivity index (χ3n) is 3.57. The zero-order chi connectivity index (χ0) is 19.6. The standard InChI is InChI=1S/C18H13BrClN3O3S/c1-10-3-2-4-11(21-10)8-15-17(25)23(18(26)27-15)9-16(24)22-12-5-6-13(19)14(20)7-12/h2-8H,9H2,1H3,(H,22,24)/b15-8+. The maximum absolute atomic E-state index is 12.5. The minimum absolute atomic E-state index is 0.234. The second kappa shape index (κ2) is 8.24. The molecular weight excluding hydrogens is 454 g/mol. The molecule has 1 aromatic carbocycles. The Hall–Kier alpha value is -2.16. The molecule has 0 spiro atoms. The number of aromatic nitrogens is 1. The van der Waals surface area contributed by atoms with Crippen LogP contribution in [0.4, 0.5) is 10.5 Å². The normalized spacial score (nSPS) is 15.5. The molecule has 2 aromatic rings. The van der Waals surface area contributed by atoms with Crippen molar-refractivity contribution in [1.82, 2.24) is 9.88 Å². The molecule has 2 heterocycles. The predicted octanol–water partition coefficient (Wildman–Crippen LogP) is 4.48. The summed E-state index contributed by atoms with van der Waals surface area (Å²) in [5, 5.41) is 2.56. The Labute approximate surface area is 173 Å². The van der Waals surface area contributed by atoms with Crippen molar-refractivity contribution in [3.63, 3.8) is 0 Å². The number of amides is 3. The van der Waals surface area contributed by atoms with Gasteiger partial charge in [0.2, 0.25) is 5.91 Å². The van der Waals surface area contributed by atoms with Crippen molar-refractivity contribution in [2.45, 2.75) is 6.92 Å². The number of pyridine rings is 1. The van der Waals surface area contributed by atoms with Crippen LogP contribution in [0.2, 0.25) is 5.02 Å². The van der Waals surface area contributed by atoms with E-state index in [0.29, 0.717) is 20.9 Å². The number of aryl methyl sites for hydroxylation is 1. The number of benzene rings is 1. The van der Waals surface area contributed by atoms with E-state index < -0.39 is 17.1 Å². The molecule has 1 saturated heterocycles. The van der Waals surface area contributed by atoms with Gasteiger partial charge in [-0.25, -0.2) is 0 Å². The Morgan fingerprint density at radius 1 is 1.33 bits per heavy atom. The molecule has 0 saturated carbocycles. The van der Waals surface area contributed by atoms with Gasteiger partial charge in [0.25, 0.3) is 11.1 Å². The molecule has 1 fully saturated rings. The summed E-state index contributed by atoms with van der Waals surface area (Å²) in [5.41, 5.74) is 1.85. The van der Waals surface area contributed by atoms with Crippen LogP contribution in [-0.4, -0.2) is 33.5 Å². The first-order valence-electron chi connectivity index (χ1n) is 7.77. The Morgan fingerprint density at radius 3 is 2.81 bits per heavy atom. The van der Waals surface area contributed by atoms with Crippen molar-refractivity contribution in [1.29, 1.82) is 0 Å². The number of imide groups is 1. The Bertz CT molecular complexity index is 980. The highest BCUT2D eigenvalue weighted by atomic mass is 79.9. The van der Waals surface area contributed by atoms with E-state index in [1.165, 1.54) is 0 Å². The van der Waals surface area contributed by atoms with Crippen LogP contribution in [0.5, 0.6) is 0 Å². The minimum atomic E-state index is -0.516. The van der Waals surface area contributed by atoms with Gasteiger partial charge in [-0.1, -0.05) is 17.7 Å². The van der Waals surface area contributed by atoms with Gasteiger partial charge in [0.1, 0.15) is 6.54 Å². The zero-order valence-electron chi connectivity index (χ0n) is 14.0. The van der Waals surface area contributed by atoms with E-state index >= 15 is 0 Å². The van der Waals surface area contributed by atoms with E-state index in [1.54, 1.807) is 30.3 Å². The number of carbonyl (C=O) groups is 3. The highest BCUT2D eigenvalue weighted by Crippen LogP contribution is 2.32. The molecule has 1 aliphatic heterocycles. The molecule has 0 bridgehead atoms. The SMILES string of the molecule is Cc1cccc(/C=C2/SC(=O)N(CC(=O)Nc3ccc(Br)c(Cl)c3)C2=O)n1. The molecule has 0 atom stereocenters. The molecule has 3 amide bonds. The monoisotopic (exact) mass is 465 g/mol. The highest BCUT2D eigenvalue weighted by Gasteiger charge is 2.36. The molecule has 0 radical (unpaired) electrons. The number of hydrogen-bond donors (Lipinski definition) is 1. The number of nitrogens with zero attached hydrogens (tertiary/aromatic N) is 2. The summed E-state index contributed by atoms with van der Waals surface area (Å²) in [6.45, 7) is 1.46.